The van der Waals surface area contributed by atoms with Crippen LogP contribution in [0.5, 0.6) is 0 Å². The summed E-state index contributed by atoms with van der Waals surface area (Å²) in [5, 5.41) is 85.9. The Morgan fingerprint density at radius 2 is 1.25 bits per heavy atom. The molecule has 53 heavy (non-hydrogen) atoms. The Labute approximate surface area is 315 Å². The minimum absolute atomic E-state index is 0.263. The number of aliphatic hydroxyl groups excluding tert-OH is 8. The van der Waals surface area contributed by atoms with E-state index in [2.05, 4.69) is 30.5 Å². The van der Waals surface area contributed by atoms with Crippen molar-refractivity contribution in [3.8, 4) is 0 Å². The molecule has 2 fully saturated rings. The third-order valence-electron chi connectivity index (χ3n) is 9.65. The molecule has 2 saturated heterocycles. The van der Waals surface area contributed by atoms with Crippen molar-refractivity contribution in [3.63, 3.8) is 0 Å². The van der Waals surface area contributed by atoms with E-state index in [1.54, 1.807) is 6.08 Å². The second-order valence-electron chi connectivity index (χ2n) is 14.1. The lowest BCUT2D eigenvalue weighted by molar-refractivity contribution is -0.359. The molecule has 0 aromatic carbocycles. The first-order valence-corrected chi connectivity index (χ1v) is 19.7. The summed E-state index contributed by atoms with van der Waals surface area (Å²) in [4.78, 5) is 13.0. The van der Waals surface area contributed by atoms with Crippen LogP contribution in [0.3, 0.4) is 0 Å². The van der Waals surface area contributed by atoms with E-state index in [1.807, 2.05) is 19.1 Å². The minimum Gasteiger partial charge on any atom is -0.394 e. The number of ether oxygens (including phenoxy) is 4. The van der Waals surface area contributed by atoms with Crippen molar-refractivity contribution in [2.24, 2.45) is 0 Å². The van der Waals surface area contributed by atoms with Crippen molar-refractivity contribution in [1.82, 2.24) is 5.32 Å². The second kappa shape index (κ2) is 27.7. The number of hydrogen-bond donors (Lipinski definition) is 9. The highest BCUT2D eigenvalue weighted by molar-refractivity contribution is 5.76. The average Bonchev–Trinajstić information content (AvgIpc) is 3.15. The fraction of sp³-hybridized carbons (Fsp3) is 0.821. The van der Waals surface area contributed by atoms with Crippen molar-refractivity contribution in [2.45, 2.75) is 184 Å². The Bertz CT molecular complexity index is 1040. The van der Waals surface area contributed by atoms with Crippen LogP contribution in [0.25, 0.3) is 0 Å². The smallest absolute Gasteiger partial charge is 0.220 e. The van der Waals surface area contributed by atoms with Gasteiger partial charge in [0.1, 0.15) is 48.8 Å². The van der Waals surface area contributed by atoms with Crippen LogP contribution in [-0.4, -0.2) is 140 Å². The normalized spacial score (nSPS) is 30.8. The van der Waals surface area contributed by atoms with E-state index in [-0.39, 0.29) is 18.9 Å². The molecule has 0 aliphatic carbocycles. The summed E-state index contributed by atoms with van der Waals surface area (Å²) in [6.07, 6.45) is 9.58. The molecule has 2 heterocycles. The minimum atomic E-state index is -1.79. The van der Waals surface area contributed by atoms with E-state index in [0.717, 1.165) is 38.5 Å². The highest BCUT2D eigenvalue weighted by Gasteiger charge is 2.50. The molecule has 0 radical (unpaired) electrons. The molecule has 0 aromatic heterocycles. The summed E-state index contributed by atoms with van der Waals surface area (Å²) in [5.74, 6) is -0.263. The molecule has 0 saturated carbocycles. The van der Waals surface area contributed by atoms with Gasteiger partial charge in [0, 0.05) is 6.42 Å². The molecule has 2 rings (SSSR count). The lowest BCUT2D eigenvalue weighted by atomic mass is 9.97. The highest BCUT2D eigenvalue weighted by atomic mass is 16.7. The highest BCUT2D eigenvalue weighted by Crippen LogP contribution is 2.29. The molecule has 9 N–H and O–H groups in total. The Balaban J connectivity index is 1.98. The zero-order valence-corrected chi connectivity index (χ0v) is 31.7. The fourth-order valence-electron chi connectivity index (χ4n) is 6.33. The van der Waals surface area contributed by atoms with E-state index in [0.29, 0.717) is 12.8 Å². The zero-order chi connectivity index (χ0) is 39.0. The zero-order valence-electron chi connectivity index (χ0n) is 31.7. The third-order valence-corrected chi connectivity index (χ3v) is 9.65. The van der Waals surface area contributed by atoms with Gasteiger partial charge in [0.05, 0.1) is 32.0 Å². The van der Waals surface area contributed by atoms with Crippen LogP contribution in [0.1, 0.15) is 110 Å². The number of allylic oxidation sites excluding steroid dienone is 5. The van der Waals surface area contributed by atoms with Crippen molar-refractivity contribution >= 4 is 5.91 Å². The summed E-state index contributed by atoms with van der Waals surface area (Å²) in [5.41, 5.74) is 0. The number of hydrogen-bond acceptors (Lipinski definition) is 13. The Morgan fingerprint density at radius 3 is 1.85 bits per heavy atom. The third kappa shape index (κ3) is 17.3. The van der Waals surface area contributed by atoms with Gasteiger partial charge in [-0.25, -0.2) is 0 Å². The lowest BCUT2D eigenvalue weighted by Crippen LogP contribution is -2.65. The van der Waals surface area contributed by atoms with Gasteiger partial charge in [-0.15, -0.1) is 0 Å². The van der Waals surface area contributed by atoms with Gasteiger partial charge in [-0.3, -0.25) is 4.79 Å². The van der Waals surface area contributed by atoms with Gasteiger partial charge >= 0.3 is 0 Å². The van der Waals surface area contributed by atoms with Gasteiger partial charge in [-0.05, 0) is 39.0 Å². The maximum atomic E-state index is 13.0. The van der Waals surface area contributed by atoms with Gasteiger partial charge in [-0.2, -0.15) is 0 Å². The summed E-state index contributed by atoms with van der Waals surface area (Å²) in [6.45, 7) is 2.45. The van der Waals surface area contributed by atoms with E-state index >= 15 is 0 Å². The van der Waals surface area contributed by atoms with E-state index in [4.69, 9.17) is 18.9 Å². The summed E-state index contributed by atoms with van der Waals surface area (Å²) >= 11 is 0. The molecular formula is C39H69NO13. The average molecular weight is 760 g/mol. The van der Waals surface area contributed by atoms with Crippen LogP contribution < -0.4 is 5.32 Å². The van der Waals surface area contributed by atoms with Gasteiger partial charge in [0.15, 0.2) is 12.6 Å². The van der Waals surface area contributed by atoms with Gasteiger partial charge in [-0.1, -0.05) is 101 Å². The Hall–Kier alpha value is -1.79. The van der Waals surface area contributed by atoms with Crippen molar-refractivity contribution in [1.29, 1.82) is 0 Å². The molecule has 0 aromatic rings. The molecule has 1 amide bonds. The summed E-state index contributed by atoms with van der Waals surface area (Å²) in [7, 11) is 0. The maximum absolute atomic E-state index is 13.0. The summed E-state index contributed by atoms with van der Waals surface area (Å²) < 4.78 is 22.5. The largest absolute Gasteiger partial charge is 0.394 e. The molecule has 2 aliphatic heterocycles. The SMILES string of the molecule is C/C=C/CC/C=C/CC/C=C/C(O)C(COC1OC(CO)C(OC2OC(CO)C(O)C(O)C2O)C(O)C1O)NC(=O)CCCCCCCCCCCC. The second-order valence-corrected chi connectivity index (χ2v) is 14.1. The standard InChI is InChI=1S/C39H69NO13/c1-3-5-7-9-11-13-15-17-19-21-23-31(44)40-27(28(43)22-20-18-16-14-12-10-8-6-4-2)26-50-38-36(49)34(47)37(30(25-42)52-38)53-39-35(48)33(46)32(45)29(24-41)51-39/h4,6,12,14,20,22,27-30,32-39,41-43,45-49H,3,5,7-11,13,15-19,21,23-26H2,1-2H3,(H,40,44)/b6-4+,14-12+,22-20+. The Morgan fingerprint density at radius 1 is 0.698 bits per heavy atom. The lowest BCUT2D eigenvalue weighted by Gasteiger charge is -2.46. The molecule has 12 atom stereocenters. The van der Waals surface area contributed by atoms with Crippen LogP contribution in [0.4, 0.5) is 0 Å². The number of unbranched alkanes of at least 4 members (excludes halogenated alkanes) is 11. The predicted molar refractivity (Wildman–Crippen MR) is 198 cm³/mol. The van der Waals surface area contributed by atoms with Gasteiger partial charge < -0.3 is 65.1 Å². The van der Waals surface area contributed by atoms with Crippen LogP contribution in [0.2, 0.25) is 0 Å². The molecule has 2 aliphatic rings. The summed E-state index contributed by atoms with van der Waals surface area (Å²) in [6, 6.07) is -0.929. The molecule has 0 bridgehead atoms. The predicted octanol–water partition coefficient (Wildman–Crippen LogP) is 2.03. The molecule has 308 valence electrons. The van der Waals surface area contributed by atoms with Crippen molar-refractivity contribution < 1.29 is 64.6 Å². The van der Waals surface area contributed by atoms with Crippen molar-refractivity contribution in [3.05, 3.63) is 36.5 Å². The topological polar surface area (TPSA) is 228 Å². The maximum Gasteiger partial charge on any atom is 0.220 e. The van der Waals surface area contributed by atoms with E-state index < -0.39 is 86.8 Å². The van der Waals surface area contributed by atoms with Gasteiger partial charge in [0.25, 0.3) is 0 Å². The van der Waals surface area contributed by atoms with E-state index in [1.165, 1.54) is 38.5 Å². The first kappa shape index (κ1) is 47.4. The first-order chi connectivity index (χ1) is 25.6. The monoisotopic (exact) mass is 759 g/mol. The first-order valence-electron chi connectivity index (χ1n) is 19.7. The van der Waals surface area contributed by atoms with Gasteiger partial charge in [0.2, 0.25) is 5.91 Å². The van der Waals surface area contributed by atoms with Crippen LogP contribution in [-0.2, 0) is 23.7 Å². The molecule has 12 unspecified atom stereocenters. The molecular weight excluding hydrogens is 690 g/mol. The number of carbonyl (C=O) groups excluding carboxylic acids is 1. The van der Waals surface area contributed by atoms with Crippen LogP contribution in [0.15, 0.2) is 36.5 Å². The van der Waals surface area contributed by atoms with Crippen LogP contribution >= 0.6 is 0 Å². The number of aliphatic hydroxyl groups is 8. The quantitative estimate of drug-likeness (QED) is 0.0432. The number of rotatable bonds is 27. The number of amides is 1. The van der Waals surface area contributed by atoms with Crippen molar-refractivity contribution in [2.75, 3.05) is 19.8 Å². The van der Waals surface area contributed by atoms with Crippen LogP contribution in [0, 0.1) is 0 Å². The fourth-order valence-corrected chi connectivity index (χ4v) is 6.33. The molecule has 0 spiro atoms. The molecule has 14 nitrogen and oxygen atoms in total. The van der Waals surface area contributed by atoms with E-state index in [9.17, 15) is 45.6 Å². The molecule has 14 heteroatoms. The Kier molecular flexibility index (Phi) is 24.8. The number of carbonyl (C=O) groups is 1. The number of nitrogens with one attached hydrogen (secondary N) is 1.